The van der Waals surface area contributed by atoms with E-state index in [1.165, 1.54) is 89.9 Å². The molecule has 0 fully saturated rings. The Morgan fingerprint density at radius 2 is 0.950 bits per heavy atom. The van der Waals surface area contributed by atoms with Crippen LogP contribution in [0.15, 0.2) is 0 Å². The van der Waals surface area contributed by atoms with Crippen molar-refractivity contribution in [2.45, 2.75) is 123 Å². The van der Waals surface area contributed by atoms with Crippen molar-refractivity contribution in [3.63, 3.8) is 0 Å². The van der Waals surface area contributed by atoms with Crippen LogP contribution < -0.4 is 5.73 Å². The fourth-order valence-electron chi connectivity index (χ4n) is 2.97. The zero-order valence-electron chi connectivity index (χ0n) is 14.7. The zero-order valence-corrected chi connectivity index (χ0v) is 14.7. The molecule has 0 radical (unpaired) electrons. The van der Waals surface area contributed by atoms with Crippen LogP contribution in [0.3, 0.4) is 0 Å². The number of rotatable bonds is 15. The first kappa shape index (κ1) is 20.0. The van der Waals surface area contributed by atoms with E-state index in [0.29, 0.717) is 0 Å². The molecule has 20 heavy (non-hydrogen) atoms. The maximum Gasteiger partial charge on any atom is 0.0151 e. The van der Waals surface area contributed by atoms with Crippen LogP contribution in [-0.4, -0.2) is 5.54 Å². The molecule has 0 aromatic heterocycles. The van der Waals surface area contributed by atoms with E-state index in [1.54, 1.807) is 0 Å². The summed E-state index contributed by atoms with van der Waals surface area (Å²) < 4.78 is 0. The number of unbranched alkanes of at least 4 members (excludes halogenated alkanes) is 10. The first-order valence-electron chi connectivity index (χ1n) is 9.47. The van der Waals surface area contributed by atoms with Crippen molar-refractivity contribution < 1.29 is 0 Å². The average molecular weight is 284 g/mol. The van der Waals surface area contributed by atoms with Gasteiger partial charge >= 0.3 is 0 Å². The molecule has 0 spiro atoms. The Morgan fingerprint density at radius 3 is 1.40 bits per heavy atom. The zero-order chi connectivity index (χ0) is 15.1. The quantitative estimate of drug-likeness (QED) is 0.337. The van der Waals surface area contributed by atoms with Crippen molar-refractivity contribution in [1.29, 1.82) is 0 Å². The van der Waals surface area contributed by atoms with Gasteiger partial charge in [-0.1, -0.05) is 97.8 Å². The SMILES string of the molecule is CCCCCCCCCCCCC(N)(CC)CCCC. The van der Waals surface area contributed by atoms with Gasteiger partial charge in [-0.3, -0.25) is 0 Å². The molecule has 0 heterocycles. The van der Waals surface area contributed by atoms with Gasteiger partial charge < -0.3 is 5.73 Å². The molecule has 0 aromatic carbocycles. The fourth-order valence-corrected chi connectivity index (χ4v) is 2.97. The Bertz CT molecular complexity index is 190. The van der Waals surface area contributed by atoms with Crippen molar-refractivity contribution in [1.82, 2.24) is 0 Å². The molecular formula is C19H41N. The highest BCUT2D eigenvalue weighted by atomic mass is 14.7. The lowest BCUT2D eigenvalue weighted by Gasteiger charge is -2.28. The van der Waals surface area contributed by atoms with E-state index in [-0.39, 0.29) is 5.54 Å². The minimum absolute atomic E-state index is 0.135. The molecule has 1 unspecified atom stereocenters. The Kier molecular flexibility index (Phi) is 13.9. The summed E-state index contributed by atoms with van der Waals surface area (Å²) in [6.07, 6.45) is 20.3. The molecule has 1 atom stereocenters. The van der Waals surface area contributed by atoms with Gasteiger partial charge in [0.25, 0.3) is 0 Å². The smallest absolute Gasteiger partial charge is 0.0151 e. The van der Waals surface area contributed by atoms with E-state index in [1.807, 2.05) is 0 Å². The maximum absolute atomic E-state index is 6.49. The molecule has 0 amide bonds. The molecule has 0 rings (SSSR count). The second-order valence-corrected chi connectivity index (χ2v) is 6.75. The second-order valence-electron chi connectivity index (χ2n) is 6.75. The molecule has 0 aliphatic rings. The summed E-state index contributed by atoms with van der Waals surface area (Å²) in [5.74, 6) is 0. The Labute approximate surface area is 129 Å². The van der Waals surface area contributed by atoms with Crippen LogP contribution in [0.4, 0.5) is 0 Å². The monoisotopic (exact) mass is 283 g/mol. The molecule has 0 aromatic rings. The number of nitrogens with two attached hydrogens (primary N) is 1. The third-order valence-electron chi connectivity index (χ3n) is 4.76. The van der Waals surface area contributed by atoms with Gasteiger partial charge in [0, 0.05) is 5.54 Å². The van der Waals surface area contributed by atoms with Gasteiger partial charge in [-0.2, -0.15) is 0 Å². The van der Waals surface area contributed by atoms with Crippen LogP contribution >= 0.6 is 0 Å². The third kappa shape index (κ3) is 11.8. The Hall–Kier alpha value is -0.0400. The summed E-state index contributed by atoms with van der Waals surface area (Å²) >= 11 is 0. The summed E-state index contributed by atoms with van der Waals surface area (Å²) in [5.41, 5.74) is 6.63. The van der Waals surface area contributed by atoms with Crippen LogP contribution in [0.2, 0.25) is 0 Å². The predicted molar refractivity (Wildman–Crippen MR) is 93.2 cm³/mol. The van der Waals surface area contributed by atoms with E-state index in [9.17, 15) is 0 Å². The standard InChI is InChI=1S/C19H41N/c1-4-7-9-10-11-12-13-14-15-16-18-19(20,6-3)17-8-5-2/h4-18,20H2,1-3H3. The molecular weight excluding hydrogens is 242 g/mol. The van der Waals surface area contributed by atoms with Gasteiger partial charge in [-0.25, -0.2) is 0 Å². The van der Waals surface area contributed by atoms with E-state index in [0.717, 1.165) is 6.42 Å². The summed E-state index contributed by atoms with van der Waals surface area (Å²) in [6.45, 7) is 6.80. The third-order valence-corrected chi connectivity index (χ3v) is 4.76. The Morgan fingerprint density at radius 1 is 0.550 bits per heavy atom. The van der Waals surface area contributed by atoms with E-state index >= 15 is 0 Å². The summed E-state index contributed by atoms with van der Waals surface area (Å²) in [7, 11) is 0. The first-order valence-corrected chi connectivity index (χ1v) is 9.47. The van der Waals surface area contributed by atoms with Crippen LogP contribution in [0.25, 0.3) is 0 Å². The van der Waals surface area contributed by atoms with Gasteiger partial charge in [-0.15, -0.1) is 0 Å². The second kappa shape index (κ2) is 13.9. The van der Waals surface area contributed by atoms with Crippen LogP contribution in [0, 0.1) is 0 Å². The van der Waals surface area contributed by atoms with Crippen molar-refractivity contribution in [2.75, 3.05) is 0 Å². The summed E-state index contributed by atoms with van der Waals surface area (Å²) in [4.78, 5) is 0. The Balaban J connectivity index is 3.37. The molecule has 0 bridgehead atoms. The minimum atomic E-state index is 0.135. The van der Waals surface area contributed by atoms with Gasteiger partial charge in [0.05, 0.1) is 0 Å². The average Bonchev–Trinajstić information content (AvgIpc) is 2.47. The number of hydrogen-bond acceptors (Lipinski definition) is 1. The van der Waals surface area contributed by atoms with Gasteiger partial charge in [0.1, 0.15) is 0 Å². The molecule has 0 saturated carbocycles. The normalized spacial score (nSPS) is 14.4. The van der Waals surface area contributed by atoms with Gasteiger partial charge in [-0.05, 0) is 19.3 Å². The molecule has 122 valence electrons. The lowest BCUT2D eigenvalue weighted by Crippen LogP contribution is -2.38. The van der Waals surface area contributed by atoms with Crippen LogP contribution in [0.1, 0.15) is 117 Å². The van der Waals surface area contributed by atoms with Crippen LogP contribution in [0.5, 0.6) is 0 Å². The van der Waals surface area contributed by atoms with Crippen molar-refractivity contribution in [3.05, 3.63) is 0 Å². The highest BCUT2D eigenvalue weighted by molar-refractivity contribution is 4.82. The van der Waals surface area contributed by atoms with Crippen molar-refractivity contribution >= 4 is 0 Å². The molecule has 1 heteroatoms. The molecule has 0 aliphatic carbocycles. The predicted octanol–water partition coefficient (Wildman–Crippen LogP) is 6.60. The maximum atomic E-state index is 6.49. The largest absolute Gasteiger partial charge is 0.325 e. The van der Waals surface area contributed by atoms with Gasteiger partial charge in [0.2, 0.25) is 0 Å². The lowest BCUT2D eigenvalue weighted by atomic mass is 9.85. The van der Waals surface area contributed by atoms with Gasteiger partial charge in [0.15, 0.2) is 0 Å². The summed E-state index contributed by atoms with van der Waals surface area (Å²) in [6, 6.07) is 0. The van der Waals surface area contributed by atoms with E-state index < -0.39 is 0 Å². The summed E-state index contributed by atoms with van der Waals surface area (Å²) in [5, 5.41) is 0. The van der Waals surface area contributed by atoms with Crippen molar-refractivity contribution in [3.8, 4) is 0 Å². The highest BCUT2D eigenvalue weighted by Crippen LogP contribution is 2.23. The number of hydrogen-bond donors (Lipinski definition) is 1. The van der Waals surface area contributed by atoms with E-state index in [2.05, 4.69) is 20.8 Å². The molecule has 0 saturated heterocycles. The van der Waals surface area contributed by atoms with Crippen molar-refractivity contribution in [2.24, 2.45) is 5.73 Å². The molecule has 0 aliphatic heterocycles. The topological polar surface area (TPSA) is 26.0 Å². The molecule has 1 nitrogen and oxygen atoms in total. The highest BCUT2D eigenvalue weighted by Gasteiger charge is 2.20. The van der Waals surface area contributed by atoms with E-state index in [4.69, 9.17) is 5.73 Å². The molecule has 2 N–H and O–H groups in total. The lowest BCUT2D eigenvalue weighted by molar-refractivity contribution is 0.328. The first-order chi connectivity index (χ1) is 9.68. The fraction of sp³-hybridized carbons (Fsp3) is 1.00. The van der Waals surface area contributed by atoms with Crippen LogP contribution in [-0.2, 0) is 0 Å². The minimum Gasteiger partial charge on any atom is -0.325 e.